The first-order chi connectivity index (χ1) is 13.6. The quantitative estimate of drug-likeness (QED) is 0.385. The number of aromatic nitrogens is 1. The van der Waals surface area contributed by atoms with E-state index < -0.39 is 6.03 Å². The molecule has 0 spiro atoms. The molecule has 28 heavy (non-hydrogen) atoms. The van der Waals surface area contributed by atoms with Crippen molar-refractivity contribution >= 4 is 40.8 Å². The van der Waals surface area contributed by atoms with Gasteiger partial charge in [-0.25, -0.2) is 4.79 Å². The molecule has 0 fully saturated rings. The predicted molar refractivity (Wildman–Crippen MR) is 112 cm³/mol. The number of hydrogen-bond donors (Lipinski definition) is 2. The van der Waals surface area contributed by atoms with E-state index in [9.17, 15) is 4.79 Å². The van der Waals surface area contributed by atoms with Crippen LogP contribution in [0.2, 0.25) is 5.02 Å². The van der Waals surface area contributed by atoms with Crippen LogP contribution in [0.4, 0.5) is 16.2 Å². The number of anilines is 2. The van der Waals surface area contributed by atoms with Gasteiger partial charge in [0.25, 0.3) is 0 Å². The summed E-state index contributed by atoms with van der Waals surface area (Å²) in [6.45, 7) is 1.72. The summed E-state index contributed by atoms with van der Waals surface area (Å²) in [5, 5.41) is 18.9. The molecule has 0 aliphatic heterocycles. The van der Waals surface area contributed by atoms with Crippen molar-refractivity contribution < 1.29 is 9.32 Å². The number of urea groups is 1. The predicted octanol–water partition coefficient (Wildman–Crippen LogP) is 5.95. The first kappa shape index (κ1) is 19.8. The molecule has 0 aliphatic carbocycles. The van der Waals surface area contributed by atoms with Gasteiger partial charge in [-0.15, -0.1) is 11.8 Å². The number of carbonyl (C=O) groups is 1. The van der Waals surface area contributed by atoms with Gasteiger partial charge in [0.1, 0.15) is 11.4 Å². The normalized spacial score (nSPS) is 10.3. The first-order valence-electron chi connectivity index (χ1n) is 8.48. The zero-order valence-electron chi connectivity index (χ0n) is 15.0. The number of amides is 2. The lowest BCUT2D eigenvalue weighted by Crippen LogP contribution is -2.20. The fraction of sp³-hybridized carbons (Fsp3) is 0.150. The van der Waals surface area contributed by atoms with Crippen LogP contribution in [-0.4, -0.2) is 16.9 Å². The number of halogens is 1. The van der Waals surface area contributed by atoms with E-state index in [1.165, 1.54) is 11.8 Å². The summed E-state index contributed by atoms with van der Waals surface area (Å²) in [5.74, 6) is 1.12. The molecule has 0 saturated carbocycles. The Kier molecular flexibility index (Phi) is 6.58. The van der Waals surface area contributed by atoms with Crippen molar-refractivity contribution in [2.45, 2.75) is 18.2 Å². The minimum Gasteiger partial charge on any atom is -0.359 e. The standard InChI is InChI=1S/C20H17ClN4O2S/c1-13-18(19(25-27-13)14-7-2-3-8-15(14)21)24-20(26)23-16-9-4-5-10-17(16)28-12-6-11-22/h2-5,7-10H,6,12H2,1H3,(H2,23,24,26). The minimum atomic E-state index is -0.423. The molecule has 0 unspecified atom stereocenters. The van der Waals surface area contributed by atoms with Crippen LogP contribution in [-0.2, 0) is 0 Å². The molecule has 1 aromatic heterocycles. The molecule has 2 amide bonds. The molecule has 2 aromatic carbocycles. The first-order valence-corrected chi connectivity index (χ1v) is 9.84. The molecule has 0 aliphatic rings. The van der Waals surface area contributed by atoms with E-state index in [0.29, 0.717) is 45.6 Å². The van der Waals surface area contributed by atoms with Crippen LogP contribution < -0.4 is 10.6 Å². The summed E-state index contributed by atoms with van der Waals surface area (Å²) in [6, 6.07) is 16.3. The van der Waals surface area contributed by atoms with Crippen LogP contribution in [0, 0.1) is 18.3 Å². The van der Waals surface area contributed by atoms with Crippen LogP contribution in [0.5, 0.6) is 0 Å². The Morgan fingerprint density at radius 1 is 1.21 bits per heavy atom. The van der Waals surface area contributed by atoms with E-state index in [-0.39, 0.29) is 0 Å². The van der Waals surface area contributed by atoms with Crippen molar-refractivity contribution in [2.24, 2.45) is 0 Å². The van der Waals surface area contributed by atoms with Crippen LogP contribution in [0.15, 0.2) is 57.9 Å². The van der Waals surface area contributed by atoms with Crippen LogP contribution in [0.25, 0.3) is 11.3 Å². The second-order valence-corrected chi connectivity index (χ2v) is 7.32. The number of carbonyl (C=O) groups excluding carboxylic acids is 1. The monoisotopic (exact) mass is 412 g/mol. The molecular formula is C20H17ClN4O2S. The van der Waals surface area contributed by atoms with Crippen molar-refractivity contribution in [3.63, 3.8) is 0 Å². The van der Waals surface area contributed by atoms with Gasteiger partial charge in [0, 0.05) is 22.6 Å². The van der Waals surface area contributed by atoms with Gasteiger partial charge in [-0.2, -0.15) is 5.26 Å². The number of nitrogens with zero attached hydrogens (tertiary/aromatic N) is 2. The van der Waals surface area contributed by atoms with Gasteiger partial charge in [-0.1, -0.05) is 47.1 Å². The van der Waals surface area contributed by atoms with Crippen LogP contribution in [0.1, 0.15) is 12.2 Å². The molecule has 3 aromatic rings. The number of nitriles is 1. The Morgan fingerprint density at radius 2 is 1.96 bits per heavy atom. The fourth-order valence-corrected chi connectivity index (χ4v) is 3.61. The Labute approximate surface area is 171 Å². The van der Waals surface area contributed by atoms with E-state index >= 15 is 0 Å². The minimum absolute atomic E-state index is 0.423. The average molecular weight is 413 g/mol. The largest absolute Gasteiger partial charge is 0.359 e. The van der Waals surface area contributed by atoms with Crippen molar-refractivity contribution in [1.29, 1.82) is 5.26 Å². The van der Waals surface area contributed by atoms with E-state index in [1.807, 2.05) is 42.5 Å². The van der Waals surface area contributed by atoms with Crippen molar-refractivity contribution in [3.05, 3.63) is 59.3 Å². The molecule has 0 bridgehead atoms. The highest BCUT2D eigenvalue weighted by Gasteiger charge is 2.19. The zero-order valence-corrected chi connectivity index (χ0v) is 16.6. The lowest BCUT2D eigenvalue weighted by atomic mass is 10.1. The average Bonchev–Trinajstić information content (AvgIpc) is 3.04. The number of thioether (sulfide) groups is 1. The number of rotatable bonds is 6. The highest BCUT2D eigenvalue weighted by atomic mass is 35.5. The number of aryl methyl sites for hydroxylation is 1. The summed E-state index contributed by atoms with van der Waals surface area (Å²) in [7, 11) is 0. The molecule has 2 N–H and O–H groups in total. The third-order valence-electron chi connectivity index (χ3n) is 3.84. The Hall–Kier alpha value is -2.95. The number of para-hydroxylation sites is 1. The van der Waals surface area contributed by atoms with Gasteiger partial charge in [-0.05, 0) is 25.1 Å². The Balaban J connectivity index is 1.78. The molecule has 142 valence electrons. The Bertz CT molecular complexity index is 1030. The molecule has 8 heteroatoms. The third kappa shape index (κ3) is 4.66. The van der Waals surface area contributed by atoms with Crippen LogP contribution in [0.3, 0.4) is 0 Å². The van der Waals surface area contributed by atoms with Crippen LogP contribution >= 0.6 is 23.4 Å². The highest BCUT2D eigenvalue weighted by molar-refractivity contribution is 7.99. The molecular weight excluding hydrogens is 396 g/mol. The maximum atomic E-state index is 12.6. The molecule has 6 nitrogen and oxygen atoms in total. The third-order valence-corrected chi connectivity index (χ3v) is 5.24. The smallest absolute Gasteiger partial charge is 0.323 e. The summed E-state index contributed by atoms with van der Waals surface area (Å²) in [4.78, 5) is 13.5. The lowest BCUT2D eigenvalue weighted by molar-refractivity contribution is 0.262. The highest BCUT2D eigenvalue weighted by Crippen LogP contribution is 2.34. The molecule has 1 heterocycles. The molecule has 3 rings (SSSR count). The van der Waals surface area contributed by atoms with Crippen molar-refractivity contribution in [3.8, 4) is 17.3 Å². The number of nitrogens with one attached hydrogen (secondary N) is 2. The van der Waals surface area contributed by atoms with Crippen molar-refractivity contribution in [1.82, 2.24) is 5.16 Å². The van der Waals surface area contributed by atoms with Gasteiger partial charge >= 0.3 is 6.03 Å². The summed E-state index contributed by atoms with van der Waals surface area (Å²) < 4.78 is 5.26. The SMILES string of the molecule is Cc1onc(-c2ccccc2Cl)c1NC(=O)Nc1ccccc1SCCC#N. The lowest BCUT2D eigenvalue weighted by Gasteiger charge is -2.11. The number of benzene rings is 2. The molecule has 0 radical (unpaired) electrons. The Morgan fingerprint density at radius 3 is 2.75 bits per heavy atom. The van der Waals surface area contributed by atoms with Gasteiger partial charge < -0.3 is 15.2 Å². The van der Waals surface area contributed by atoms with E-state index in [2.05, 4.69) is 21.9 Å². The van der Waals surface area contributed by atoms with Gasteiger partial charge in [0.2, 0.25) is 0 Å². The van der Waals surface area contributed by atoms with E-state index in [4.69, 9.17) is 21.4 Å². The van der Waals surface area contributed by atoms with Crippen molar-refractivity contribution in [2.75, 3.05) is 16.4 Å². The van der Waals surface area contributed by atoms with E-state index in [1.54, 1.807) is 13.0 Å². The van der Waals surface area contributed by atoms with Gasteiger partial charge in [-0.3, -0.25) is 0 Å². The molecule has 0 saturated heterocycles. The summed E-state index contributed by atoms with van der Waals surface area (Å²) in [6.07, 6.45) is 0.437. The van der Waals surface area contributed by atoms with Gasteiger partial charge in [0.15, 0.2) is 5.76 Å². The summed E-state index contributed by atoms with van der Waals surface area (Å²) >= 11 is 7.77. The van der Waals surface area contributed by atoms with E-state index in [0.717, 1.165) is 4.90 Å². The topological polar surface area (TPSA) is 90.9 Å². The fourth-order valence-electron chi connectivity index (χ4n) is 2.53. The number of hydrogen-bond acceptors (Lipinski definition) is 5. The summed E-state index contributed by atoms with van der Waals surface area (Å²) in [5.41, 5.74) is 2.26. The molecule has 0 atom stereocenters. The zero-order chi connectivity index (χ0) is 19.9. The second-order valence-electron chi connectivity index (χ2n) is 5.77. The second kappa shape index (κ2) is 9.31. The maximum absolute atomic E-state index is 12.6. The van der Waals surface area contributed by atoms with Gasteiger partial charge in [0.05, 0.1) is 16.8 Å². The maximum Gasteiger partial charge on any atom is 0.323 e.